The molecule has 1 aromatic carbocycles. The highest BCUT2D eigenvalue weighted by Crippen LogP contribution is 2.27. The van der Waals surface area contributed by atoms with Gasteiger partial charge in [0.05, 0.1) is 6.61 Å². The van der Waals surface area contributed by atoms with E-state index in [0.29, 0.717) is 19.1 Å². The summed E-state index contributed by atoms with van der Waals surface area (Å²) in [6.07, 6.45) is 2.67. The summed E-state index contributed by atoms with van der Waals surface area (Å²) in [5, 5.41) is 3.46. The van der Waals surface area contributed by atoms with Gasteiger partial charge in [-0.05, 0) is 31.0 Å². The minimum Gasteiger partial charge on any atom is -0.478 e. The Morgan fingerprint density at radius 2 is 2.21 bits per heavy atom. The quantitative estimate of drug-likeness (QED) is 0.844. The van der Waals surface area contributed by atoms with Gasteiger partial charge in [-0.25, -0.2) is 4.79 Å². The fraction of sp³-hybridized carbons (Fsp3) is 0.500. The molecule has 0 bridgehead atoms. The van der Waals surface area contributed by atoms with Crippen LogP contribution in [0.2, 0.25) is 0 Å². The molecule has 0 radical (unpaired) electrons. The first-order valence-corrected chi connectivity index (χ1v) is 7.37. The second kappa shape index (κ2) is 5.51. The Kier molecular flexibility index (Phi) is 3.75. The van der Waals surface area contributed by atoms with Crippen LogP contribution in [0.25, 0.3) is 0 Å². The summed E-state index contributed by atoms with van der Waals surface area (Å²) in [4.78, 5) is 11.5. The van der Waals surface area contributed by atoms with Crippen molar-refractivity contribution in [2.45, 2.75) is 38.0 Å². The van der Waals surface area contributed by atoms with Gasteiger partial charge in [0.2, 0.25) is 0 Å². The van der Waals surface area contributed by atoms with Crippen LogP contribution in [-0.4, -0.2) is 24.7 Å². The van der Waals surface area contributed by atoms with Gasteiger partial charge in [0.25, 0.3) is 0 Å². The fourth-order valence-electron chi connectivity index (χ4n) is 2.08. The number of carbonyl (C=O) groups excluding carboxylic acids is 1. The molecule has 19 heavy (non-hydrogen) atoms. The summed E-state index contributed by atoms with van der Waals surface area (Å²) in [5.74, 6) is 0.504. The number of carbonyl (C=O) groups is 1. The maximum absolute atomic E-state index is 11.5. The average molecular weight is 326 g/mol. The van der Waals surface area contributed by atoms with Crippen LogP contribution >= 0.6 is 15.9 Å². The topological polar surface area (TPSA) is 47.6 Å². The molecule has 102 valence electrons. The van der Waals surface area contributed by atoms with Gasteiger partial charge >= 0.3 is 5.97 Å². The van der Waals surface area contributed by atoms with Gasteiger partial charge in [-0.1, -0.05) is 15.9 Å². The third-order valence-corrected chi connectivity index (χ3v) is 3.83. The molecule has 4 nitrogen and oxygen atoms in total. The molecule has 1 heterocycles. The third-order valence-electron chi connectivity index (χ3n) is 3.34. The number of benzene rings is 1. The fourth-order valence-corrected chi connectivity index (χ4v) is 2.49. The van der Waals surface area contributed by atoms with E-state index in [1.54, 1.807) is 0 Å². The van der Waals surface area contributed by atoms with Gasteiger partial charge in [-0.3, -0.25) is 0 Å². The maximum atomic E-state index is 11.5. The number of hydrogen-bond acceptors (Lipinski definition) is 4. The van der Waals surface area contributed by atoms with Gasteiger partial charge in [0.1, 0.15) is 5.75 Å². The Balaban J connectivity index is 1.72. The second-order valence-corrected chi connectivity index (χ2v) is 5.89. The second-order valence-electron chi connectivity index (χ2n) is 4.97. The van der Waals surface area contributed by atoms with E-state index in [0.717, 1.165) is 22.3 Å². The van der Waals surface area contributed by atoms with Crippen molar-refractivity contribution in [1.82, 2.24) is 5.32 Å². The largest absolute Gasteiger partial charge is 0.478 e. The van der Waals surface area contributed by atoms with Crippen LogP contribution in [0.15, 0.2) is 22.7 Å². The first kappa shape index (κ1) is 12.9. The highest BCUT2D eigenvalue weighted by atomic mass is 79.9. The summed E-state index contributed by atoms with van der Waals surface area (Å²) in [7, 11) is 0. The molecule has 3 rings (SSSR count). The number of hydrogen-bond donors (Lipinski definition) is 1. The molecule has 0 aromatic heterocycles. The monoisotopic (exact) mass is 325 g/mol. The van der Waals surface area contributed by atoms with Crippen molar-refractivity contribution in [3.8, 4) is 5.75 Å². The van der Waals surface area contributed by atoms with Crippen LogP contribution in [0.5, 0.6) is 5.75 Å². The predicted octanol–water partition coefficient (Wildman–Crippen LogP) is 2.40. The molecule has 0 spiro atoms. The Bertz CT molecular complexity index is 488. The molecule has 2 fully saturated rings. The highest BCUT2D eigenvalue weighted by Gasteiger charge is 2.29. The van der Waals surface area contributed by atoms with Crippen molar-refractivity contribution < 1.29 is 14.3 Å². The van der Waals surface area contributed by atoms with Gasteiger partial charge in [0, 0.05) is 29.0 Å². The number of esters is 1. The van der Waals surface area contributed by atoms with E-state index in [1.807, 2.05) is 18.2 Å². The molecule has 2 aliphatic rings. The lowest BCUT2D eigenvalue weighted by molar-refractivity contribution is -0.143. The Labute approximate surface area is 120 Å². The highest BCUT2D eigenvalue weighted by molar-refractivity contribution is 9.10. The van der Waals surface area contributed by atoms with Crippen LogP contribution in [0, 0.1) is 0 Å². The minimum atomic E-state index is -0.458. The SMILES string of the molecule is O=C1OCCC1Oc1ccc(Br)cc1CNC1CC1. The number of halogens is 1. The molecule has 1 aromatic rings. The smallest absolute Gasteiger partial charge is 0.347 e. The van der Waals surface area contributed by atoms with Crippen LogP contribution in [0.3, 0.4) is 0 Å². The van der Waals surface area contributed by atoms with Gasteiger partial charge in [-0.15, -0.1) is 0 Å². The Morgan fingerprint density at radius 1 is 1.37 bits per heavy atom. The third kappa shape index (κ3) is 3.28. The average Bonchev–Trinajstić information content (AvgIpc) is 3.14. The lowest BCUT2D eigenvalue weighted by Crippen LogP contribution is -2.23. The minimum absolute atomic E-state index is 0.260. The Morgan fingerprint density at radius 3 is 2.89 bits per heavy atom. The molecule has 1 saturated heterocycles. The van der Waals surface area contributed by atoms with Gasteiger partial charge < -0.3 is 14.8 Å². The lowest BCUT2D eigenvalue weighted by atomic mass is 10.2. The van der Waals surface area contributed by atoms with Crippen LogP contribution in [-0.2, 0) is 16.1 Å². The summed E-state index contributed by atoms with van der Waals surface area (Å²) in [6.45, 7) is 1.22. The number of rotatable bonds is 5. The zero-order valence-electron chi connectivity index (χ0n) is 10.5. The van der Waals surface area contributed by atoms with Crippen LogP contribution in [0.4, 0.5) is 0 Å². The molecule has 0 amide bonds. The van der Waals surface area contributed by atoms with E-state index < -0.39 is 6.10 Å². The van der Waals surface area contributed by atoms with Gasteiger partial charge in [-0.2, -0.15) is 0 Å². The molecular formula is C14H16BrNO3. The van der Waals surface area contributed by atoms with E-state index >= 15 is 0 Å². The van der Waals surface area contributed by atoms with Crippen molar-refractivity contribution >= 4 is 21.9 Å². The van der Waals surface area contributed by atoms with Crippen molar-refractivity contribution in [3.05, 3.63) is 28.2 Å². The molecule has 1 atom stereocenters. The van der Waals surface area contributed by atoms with E-state index in [2.05, 4.69) is 21.2 Å². The summed E-state index contributed by atoms with van der Waals surface area (Å²) >= 11 is 3.47. The zero-order chi connectivity index (χ0) is 13.2. The lowest BCUT2D eigenvalue weighted by Gasteiger charge is -2.15. The normalized spacial score (nSPS) is 22.4. The predicted molar refractivity (Wildman–Crippen MR) is 74.0 cm³/mol. The van der Waals surface area contributed by atoms with Crippen molar-refractivity contribution in [1.29, 1.82) is 0 Å². The zero-order valence-corrected chi connectivity index (χ0v) is 12.1. The van der Waals surface area contributed by atoms with Crippen LogP contribution < -0.4 is 10.1 Å². The molecule has 1 saturated carbocycles. The first-order valence-electron chi connectivity index (χ1n) is 6.57. The summed E-state index contributed by atoms with van der Waals surface area (Å²) in [6, 6.07) is 6.50. The molecule has 1 aliphatic carbocycles. The summed E-state index contributed by atoms with van der Waals surface area (Å²) in [5.41, 5.74) is 1.07. The number of cyclic esters (lactones) is 1. The molecule has 1 N–H and O–H groups in total. The van der Waals surface area contributed by atoms with Crippen molar-refractivity contribution in [2.24, 2.45) is 0 Å². The molecule has 1 aliphatic heterocycles. The first-order chi connectivity index (χ1) is 9.22. The van der Waals surface area contributed by atoms with Crippen molar-refractivity contribution in [2.75, 3.05) is 6.61 Å². The Hall–Kier alpha value is -1.07. The standard InChI is InChI=1S/C14H16BrNO3/c15-10-1-4-12(19-13-5-6-18-14(13)17)9(7-10)8-16-11-2-3-11/h1,4,7,11,13,16H,2-3,5-6,8H2. The molecular weight excluding hydrogens is 310 g/mol. The maximum Gasteiger partial charge on any atom is 0.347 e. The van der Waals surface area contributed by atoms with Crippen LogP contribution in [0.1, 0.15) is 24.8 Å². The van der Waals surface area contributed by atoms with Gasteiger partial charge in [0.15, 0.2) is 6.10 Å². The van der Waals surface area contributed by atoms with Crippen molar-refractivity contribution in [3.63, 3.8) is 0 Å². The van der Waals surface area contributed by atoms with E-state index in [9.17, 15) is 4.79 Å². The summed E-state index contributed by atoms with van der Waals surface area (Å²) < 4.78 is 11.7. The molecule has 1 unspecified atom stereocenters. The van der Waals surface area contributed by atoms with E-state index in [1.165, 1.54) is 12.8 Å². The molecule has 5 heteroatoms. The van der Waals surface area contributed by atoms with E-state index in [-0.39, 0.29) is 5.97 Å². The number of nitrogens with one attached hydrogen (secondary N) is 1. The number of ether oxygens (including phenoxy) is 2. The van der Waals surface area contributed by atoms with E-state index in [4.69, 9.17) is 9.47 Å².